The van der Waals surface area contributed by atoms with Crippen molar-refractivity contribution in [3.05, 3.63) is 29.1 Å². The SMILES string of the molecule is CCOC(=O)Cc1ccnc(C(F)(F)F)c1C(F)F. The zero-order chi connectivity index (χ0) is 14.6. The molecule has 0 saturated carbocycles. The van der Waals surface area contributed by atoms with Gasteiger partial charge < -0.3 is 4.74 Å². The molecule has 0 amide bonds. The predicted octanol–water partition coefficient (Wildman–Crippen LogP) is 3.14. The molecule has 0 saturated heterocycles. The largest absolute Gasteiger partial charge is 0.466 e. The molecule has 0 fully saturated rings. The number of rotatable bonds is 4. The summed E-state index contributed by atoms with van der Waals surface area (Å²) in [6, 6.07) is 0.952. The zero-order valence-electron chi connectivity index (χ0n) is 9.80. The topological polar surface area (TPSA) is 39.2 Å². The molecule has 1 aromatic heterocycles. The highest BCUT2D eigenvalue weighted by Gasteiger charge is 2.39. The van der Waals surface area contributed by atoms with Crippen LogP contribution in [-0.2, 0) is 22.1 Å². The normalized spacial score (nSPS) is 11.7. The van der Waals surface area contributed by atoms with Gasteiger partial charge in [0.2, 0.25) is 0 Å². The van der Waals surface area contributed by atoms with Crippen LogP contribution in [0.15, 0.2) is 12.3 Å². The van der Waals surface area contributed by atoms with E-state index in [2.05, 4.69) is 9.72 Å². The molecule has 0 unspecified atom stereocenters. The Bertz CT molecular complexity index is 459. The molecule has 0 bridgehead atoms. The number of halogens is 5. The van der Waals surface area contributed by atoms with Gasteiger partial charge in [0.05, 0.1) is 18.6 Å². The molecule has 0 aromatic carbocycles. The van der Waals surface area contributed by atoms with Crippen molar-refractivity contribution in [3.8, 4) is 0 Å². The Morgan fingerprint density at radius 1 is 1.42 bits per heavy atom. The molecule has 0 spiro atoms. The summed E-state index contributed by atoms with van der Waals surface area (Å²) in [7, 11) is 0. The van der Waals surface area contributed by atoms with Crippen molar-refractivity contribution in [3.63, 3.8) is 0 Å². The van der Waals surface area contributed by atoms with E-state index < -0.39 is 41.8 Å². The van der Waals surface area contributed by atoms with Crippen molar-refractivity contribution >= 4 is 5.97 Å². The Morgan fingerprint density at radius 3 is 2.53 bits per heavy atom. The molecule has 1 heterocycles. The first-order chi connectivity index (χ1) is 8.77. The Morgan fingerprint density at radius 2 is 2.05 bits per heavy atom. The molecule has 8 heteroatoms. The highest BCUT2D eigenvalue weighted by Crippen LogP contribution is 2.36. The first-order valence-electron chi connectivity index (χ1n) is 5.26. The van der Waals surface area contributed by atoms with E-state index in [1.807, 2.05) is 0 Å². The summed E-state index contributed by atoms with van der Waals surface area (Å²) in [4.78, 5) is 14.1. The van der Waals surface area contributed by atoms with Gasteiger partial charge in [-0.05, 0) is 18.6 Å². The first kappa shape index (κ1) is 15.3. The van der Waals surface area contributed by atoms with Crippen LogP contribution in [0, 0.1) is 0 Å². The third-order valence-corrected chi connectivity index (χ3v) is 2.21. The van der Waals surface area contributed by atoms with Gasteiger partial charge in [-0.1, -0.05) is 0 Å². The van der Waals surface area contributed by atoms with Gasteiger partial charge in [0.1, 0.15) is 0 Å². The van der Waals surface area contributed by atoms with E-state index in [1.165, 1.54) is 6.92 Å². The highest BCUT2D eigenvalue weighted by atomic mass is 19.4. The molecule has 3 nitrogen and oxygen atoms in total. The summed E-state index contributed by atoms with van der Waals surface area (Å²) in [5.41, 5.74) is -3.39. The van der Waals surface area contributed by atoms with E-state index in [0.717, 1.165) is 12.3 Å². The van der Waals surface area contributed by atoms with Gasteiger partial charge in [0.25, 0.3) is 6.43 Å². The average molecular weight is 283 g/mol. The Kier molecular flexibility index (Phi) is 4.79. The lowest BCUT2D eigenvalue weighted by Crippen LogP contribution is -2.16. The quantitative estimate of drug-likeness (QED) is 0.629. The van der Waals surface area contributed by atoms with Crippen LogP contribution in [0.5, 0.6) is 0 Å². The number of carbonyl (C=O) groups is 1. The van der Waals surface area contributed by atoms with Crippen molar-refractivity contribution in [2.45, 2.75) is 25.9 Å². The van der Waals surface area contributed by atoms with Crippen LogP contribution in [0.25, 0.3) is 0 Å². The van der Waals surface area contributed by atoms with Crippen LogP contribution >= 0.6 is 0 Å². The van der Waals surface area contributed by atoms with Crippen molar-refractivity contribution in [1.82, 2.24) is 4.98 Å². The van der Waals surface area contributed by atoms with E-state index in [-0.39, 0.29) is 6.61 Å². The number of hydrogen-bond acceptors (Lipinski definition) is 3. The van der Waals surface area contributed by atoms with Gasteiger partial charge in [-0.2, -0.15) is 13.2 Å². The van der Waals surface area contributed by atoms with E-state index >= 15 is 0 Å². The molecule has 0 atom stereocenters. The lowest BCUT2D eigenvalue weighted by atomic mass is 10.0. The predicted molar refractivity (Wildman–Crippen MR) is 54.5 cm³/mol. The van der Waals surface area contributed by atoms with Gasteiger partial charge in [-0.3, -0.25) is 9.78 Å². The fourth-order valence-electron chi connectivity index (χ4n) is 1.50. The van der Waals surface area contributed by atoms with Gasteiger partial charge in [-0.25, -0.2) is 8.78 Å². The second kappa shape index (κ2) is 5.94. The molecular weight excluding hydrogens is 273 g/mol. The number of nitrogens with zero attached hydrogens (tertiary/aromatic N) is 1. The number of carbonyl (C=O) groups excluding carboxylic acids is 1. The summed E-state index contributed by atoms with van der Waals surface area (Å²) < 4.78 is 67.7. The van der Waals surface area contributed by atoms with Gasteiger partial charge in [-0.15, -0.1) is 0 Å². The molecule has 1 rings (SSSR count). The standard InChI is InChI=1S/C11H10F5NO2/c1-2-19-7(18)5-6-3-4-17-9(11(14,15)16)8(6)10(12)13/h3-4,10H,2,5H2,1H3. The lowest BCUT2D eigenvalue weighted by molar-refractivity contribution is -0.144. The first-order valence-corrected chi connectivity index (χ1v) is 5.26. The highest BCUT2D eigenvalue weighted by molar-refractivity contribution is 5.73. The number of alkyl halides is 5. The van der Waals surface area contributed by atoms with Crippen molar-refractivity contribution in [2.75, 3.05) is 6.61 Å². The average Bonchev–Trinajstić information content (AvgIpc) is 2.27. The molecular formula is C11H10F5NO2. The fraction of sp³-hybridized carbons (Fsp3) is 0.455. The Hall–Kier alpha value is -1.73. The summed E-state index contributed by atoms with van der Waals surface area (Å²) in [6.07, 6.45) is -8.30. The molecule has 0 N–H and O–H groups in total. The second-order valence-electron chi connectivity index (χ2n) is 3.51. The maximum Gasteiger partial charge on any atom is 0.433 e. The maximum absolute atomic E-state index is 12.8. The number of hydrogen-bond donors (Lipinski definition) is 0. The Balaban J connectivity index is 3.21. The minimum Gasteiger partial charge on any atom is -0.466 e. The molecule has 0 radical (unpaired) electrons. The lowest BCUT2D eigenvalue weighted by Gasteiger charge is -2.14. The molecule has 0 aliphatic heterocycles. The molecule has 1 aromatic rings. The van der Waals surface area contributed by atoms with Crippen LogP contribution in [0.4, 0.5) is 22.0 Å². The van der Waals surface area contributed by atoms with E-state index in [9.17, 15) is 26.7 Å². The van der Waals surface area contributed by atoms with E-state index in [0.29, 0.717) is 0 Å². The maximum atomic E-state index is 12.8. The van der Waals surface area contributed by atoms with Gasteiger partial charge in [0.15, 0.2) is 5.69 Å². The van der Waals surface area contributed by atoms with Crippen molar-refractivity contribution in [1.29, 1.82) is 0 Å². The van der Waals surface area contributed by atoms with Crippen LogP contribution in [-0.4, -0.2) is 17.6 Å². The summed E-state index contributed by atoms with van der Waals surface area (Å²) in [5.74, 6) is -0.872. The minimum atomic E-state index is -5.00. The third kappa shape index (κ3) is 3.87. The van der Waals surface area contributed by atoms with E-state index in [1.54, 1.807) is 0 Å². The summed E-state index contributed by atoms with van der Waals surface area (Å²) in [6.45, 7) is 1.51. The summed E-state index contributed by atoms with van der Waals surface area (Å²) in [5, 5.41) is 0. The van der Waals surface area contributed by atoms with Crippen LogP contribution in [0.3, 0.4) is 0 Å². The molecule has 19 heavy (non-hydrogen) atoms. The fourth-order valence-corrected chi connectivity index (χ4v) is 1.50. The number of ether oxygens (including phenoxy) is 1. The van der Waals surface area contributed by atoms with Crippen molar-refractivity contribution in [2.24, 2.45) is 0 Å². The smallest absolute Gasteiger partial charge is 0.433 e. The zero-order valence-corrected chi connectivity index (χ0v) is 9.80. The van der Waals surface area contributed by atoms with E-state index in [4.69, 9.17) is 0 Å². The van der Waals surface area contributed by atoms with Crippen molar-refractivity contribution < 1.29 is 31.5 Å². The number of esters is 1. The molecule has 106 valence electrons. The third-order valence-electron chi connectivity index (χ3n) is 2.21. The molecule has 0 aliphatic rings. The number of aromatic nitrogens is 1. The van der Waals surface area contributed by atoms with Gasteiger partial charge >= 0.3 is 12.1 Å². The minimum absolute atomic E-state index is 0.0139. The number of pyridine rings is 1. The summed E-state index contributed by atoms with van der Waals surface area (Å²) >= 11 is 0. The monoisotopic (exact) mass is 283 g/mol. The van der Waals surface area contributed by atoms with Crippen LogP contribution < -0.4 is 0 Å². The molecule has 0 aliphatic carbocycles. The van der Waals surface area contributed by atoms with Crippen LogP contribution in [0.1, 0.15) is 30.2 Å². The second-order valence-corrected chi connectivity index (χ2v) is 3.51. The van der Waals surface area contributed by atoms with Gasteiger partial charge in [0, 0.05) is 6.20 Å². The Labute approximate surface area is 105 Å². The van der Waals surface area contributed by atoms with Crippen LogP contribution in [0.2, 0.25) is 0 Å².